The second kappa shape index (κ2) is 5.99. The Morgan fingerprint density at radius 2 is 1.70 bits per heavy atom. The molecule has 0 aliphatic rings. The van der Waals surface area contributed by atoms with E-state index >= 15 is 0 Å². The van der Waals surface area contributed by atoms with Crippen molar-refractivity contribution in [1.29, 1.82) is 0 Å². The van der Waals surface area contributed by atoms with Crippen LogP contribution in [-0.2, 0) is 10.0 Å². The lowest BCUT2D eigenvalue weighted by Gasteiger charge is -2.19. The first-order valence-corrected chi connectivity index (χ1v) is 7.53. The molecule has 0 amide bonds. The van der Waals surface area contributed by atoms with Crippen LogP contribution in [0.1, 0.15) is 19.4 Å². The summed E-state index contributed by atoms with van der Waals surface area (Å²) >= 11 is 0. The first kappa shape index (κ1) is 16.7. The maximum Gasteiger partial charge on any atom is 0.241 e. The van der Waals surface area contributed by atoms with Crippen LogP contribution in [0, 0.1) is 6.92 Å². The quantitative estimate of drug-likeness (QED) is 0.821. The van der Waals surface area contributed by atoms with Crippen LogP contribution in [0.15, 0.2) is 17.0 Å². The Morgan fingerprint density at radius 1 is 1.20 bits per heavy atom. The van der Waals surface area contributed by atoms with E-state index < -0.39 is 15.6 Å². The van der Waals surface area contributed by atoms with Crippen LogP contribution < -0.4 is 14.2 Å². The van der Waals surface area contributed by atoms with E-state index in [1.807, 2.05) is 0 Å². The minimum Gasteiger partial charge on any atom is -0.493 e. The lowest BCUT2D eigenvalue weighted by atomic mass is 10.1. The first-order valence-electron chi connectivity index (χ1n) is 6.05. The molecule has 0 aliphatic heterocycles. The molecule has 0 fully saturated rings. The second-order valence-electron chi connectivity index (χ2n) is 5.11. The Bertz CT molecular complexity index is 575. The van der Waals surface area contributed by atoms with Gasteiger partial charge in [-0.2, -0.15) is 0 Å². The highest BCUT2D eigenvalue weighted by Crippen LogP contribution is 2.32. The van der Waals surface area contributed by atoms with E-state index in [-0.39, 0.29) is 11.4 Å². The highest BCUT2D eigenvalue weighted by molar-refractivity contribution is 7.89. The van der Waals surface area contributed by atoms with Gasteiger partial charge in [0.25, 0.3) is 0 Å². The maximum atomic E-state index is 12.2. The van der Waals surface area contributed by atoms with Gasteiger partial charge in [-0.1, -0.05) is 0 Å². The normalized spacial score (nSPS) is 12.3. The van der Waals surface area contributed by atoms with Crippen molar-refractivity contribution in [1.82, 2.24) is 4.72 Å². The van der Waals surface area contributed by atoms with E-state index in [4.69, 9.17) is 9.47 Å². The van der Waals surface area contributed by atoms with Crippen LogP contribution in [0.3, 0.4) is 0 Å². The number of methoxy groups -OCH3 is 2. The van der Waals surface area contributed by atoms with Gasteiger partial charge >= 0.3 is 0 Å². The summed E-state index contributed by atoms with van der Waals surface area (Å²) in [5.74, 6) is 0.799. The fraction of sp³-hybridized carbons (Fsp3) is 0.538. The zero-order valence-electron chi connectivity index (χ0n) is 12.4. The lowest BCUT2D eigenvalue weighted by molar-refractivity contribution is 0.0857. The summed E-state index contributed by atoms with van der Waals surface area (Å²) in [6.07, 6.45) is 0. The molecule has 0 aromatic heterocycles. The van der Waals surface area contributed by atoms with Crippen molar-refractivity contribution in [2.75, 3.05) is 20.8 Å². The molecule has 114 valence electrons. The molecule has 0 unspecified atom stereocenters. The molecule has 0 heterocycles. The van der Waals surface area contributed by atoms with Gasteiger partial charge in [-0.3, -0.25) is 0 Å². The molecule has 0 radical (unpaired) electrons. The van der Waals surface area contributed by atoms with Crippen LogP contribution in [0.5, 0.6) is 11.5 Å². The number of aryl methyl sites for hydroxylation is 1. The molecule has 0 aliphatic carbocycles. The first-order chi connectivity index (χ1) is 9.10. The molecule has 2 N–H and O–H groups in total. The van der Waals surface area contributed by atoms with E-state index in [9.17, 15) is 13.5 Å². The number of nitrogens with one attached hydrogen (secondary N) is 1. The molecular weight excluding hydrogens is 282 g/mol. The third kappa shape index (κ3) is 4.09. The van der Waals surface area contributed by atoms with Gasteiger partial charge < -0.3 is 14.6 Å². The molecule has 1 aromatic carbocycles. The molecule has 1 rings (SSSR count). The van der Waals surface area contributed by atoms with E-state index in [2.05, 4.69) is 4.72 Å². The molecule has 1 aromatic rings. The molecular formula is C13H21NO5S. The van der Waals surface area contributed by atoms with Crippen molar-refractivity contribution in [2.45, 2.75) is 31.3 Å². The molecule has 0 saturated heterocycles. The maximum absolute atomic E-state index is 12.2. The van der Waals surface area contributed by atoms with Gasteiger partial charge in [-0.15, -0.1) is 0 Å². The van der Waals surface area contributed by atoms with Crippen molar-refractivity contribution in [3.05, 3.63) is 17.7 Å². The number of benzene rings is 1. The van der Waals surface area contributed by atoms with E-state index in [1.165, 1.54) is 34.1 Å². The Kier molecular flexibility index (Phi) is 5.01. The SMILES string of the molecule is COc1cc(C)c(S(=O)(=O)NCC(C)(C)O)cc1OC. The summed E-state index contributed by atoms with van der Waals surface area (Å²) in [5.41, 5.74) is -0.594. The topological polar surface area (TPSA) is 84.9 Å². The predicted molar refractivity (Wildman–Crippen MR) is 75.8 cm³/mol. The van der Waals surface area contributed by atoms with E-state index in [0.29, 0.717) is 17.1 Å². The van der Waals surface area contributed by atoms with Gasteiger partial charge in [0.15, 0.2) is 11.5 Å². The lowest BCUT2D eigenvalue weighted by Crippen LogP contribution is -2.38. The van der Waals surface area contributed by atoms with Gasteiger partial charge in [0.05, 0.1) is 24.7 Å². The largest absolute Gasteiger partial charge is 0.493 e. The van der Waals surface area contributed by atoms with Crippen LogP contribution in [0.2, 0.25) is 0 Å². The van der Waals surface area contributed by atoms with E-state index in [0.717, 1.165) is 0 Å². The van der Waals surface area contributed by atoms with Crippen molar-refractivity contribution in [3.63, 3.8) is 0 Å². The number of sulfonamides is 1. The average Bonchev–Trinajstić information content (AvgIpc) is 2.35. The van der Waals surface area contributed by atoms with Crippen LogP contribution in [0.25, 0.3) is 0 Å². The number of rotatable bonds is 6. The fourth-order valence-corrected chi connectivity index (χ4v) is 3.04. The minimum atomic E-state index is -3.73. The third-order valence-electron chi connectivity index (χ3n) is 2.67. The Labute approximate surface area is 119 Å². The van der Waals surface area contributed by atoms with Gasteiger partial charge in [0, 0.05) is 12.6 Å². The molecule has 0 bridgehead atoms. The summed E-state index contributed by atoms with van der Waals surface area (Å²) in [4.78, 5) is 0.0967. The van der Waals surface area contributed by atoms with Crippen LogP contribution >= 0.6 is 0 Å². The highest BCUT2D eigenvalue weighted by Gasteiger charge is 2.23. The Hall–Kier alpha value is -1.31. The summed E-state index contributed by atoms with van der Waals surface area (Å²) in [7, 11) is -0.805. The summed E-state index contributed by atoms with van der Waals surface area (Å²) in [5, 5.41) is 9.61. The van der Waals surface area contributed by atoms with Crippen LogP contribution in [0.4, 0.5) is 0 Å². The molecule has 20 heavy (non-hydrogen) atoms. The highest BCUT2D eigenvalue weighted by atomic mass is 32.2. The smallest absolute Gasteiger partial charge is 0.241 e. The van der Waals surface area contributed by atoms with Gasteiger partial charge in [0.2, 0.25) is 10.0 Å². The Balaban J connectivity index is 3.18. The Morgan fingerprint density at radius 3 is 2.15 bits per heavy atom. The average molecular weight is 303 g/mol. The molecule has 0 saturated carbocycles. The molecule has 7 heteroatoms. The van der Waals surface area contributed by atoms with Crippen molar-refractivity contribution in [3.8, 4) is 11.5 Å². The molecule has 6 nitrogen and oxygen atoms in total. The zero-order valence-corrected chi connectivity index (χ0v) is 13.2. The number of aliphatic hydroxyl groups is 1. The molecule has 0 spiro atoms. The van der Waals surface area contributed by atoms with Gasteiger partial charge in [0.1, 0.15) is 0 Å². The van der Waals surface area contributed by atoms with Gasteiger partial charge in [-0.05, 0) is 32.4 Å². The standard InChI is InChI=1S/C13H21NO5S/c1-9-6-10(18-4)11(19-5)7-12(9)20(16,17)14-8-13(2,3)15/h6-7,14-15H,8H2,1-5H3. The minimum absolute atomic E-state index is 0.0802. The second-order valence-corrected chi connectivity index (χ2v) is 6.85. The van der Waals surface area contributed by atoms with Crippen molar-refractivity contribution < 1.29 is 23.0 Å². The fourth-order valence-electron chi connectivity index (χ4n) is 1.60. The third-order valence-corrected chi connectivity index (χ3v) is 4.21. The van der Waals surface area contributed by atoms with Crippen LogP contribution in [-0.4, -0.2) is 39.9 Å². The molecule has 0 atom stereocenters. The monoisotopic (exact) mass is 303 g/mol. The number of hydrogen-bond acceptors (Lipinski definition) is 5. The number of hydrogen-bond donors (Lipinski definition) is 2. The number of ether oxygens (including phenoxy) is 2. The van der Waals surface area contributed by atoms with Crippen molar-refractivity contribution >= 4 is 10.0 Å². The van der Waals surface area contributed by atoms with Gasteiger partial charge in [-0.25, -0.2) is 13.1 Å². The summed E-state index contributed by atoms with van der Waals surface area (Å²) in [6.45, 7) is 4.64. The van der Waals surface area contributed by atoms with E-state index in [1.54, 1.807) is 13.0 Å². The summed E-state index contributed by atoms with van der Waals surface area (Å²) < 4.78 is 37.1. The zero-order chi connectivity index (χ0) is 15.6. The predicted octanol–water partition coefficient (Wildman–Crippen LogP) is 1.06. The van der Waals surface area contributed by atoms with Crippen molar-refractivity contribution in [2.24, 2.45) is 0 Å². The summed E-state index contributed by atoms with van der Waals surface area (Å²) in [6, 6.07) is 3.00.